The summed E-state index contributed by atoms with van der Waals surface area (Å²) in [5, 5.41) is 7.42. The number of pyridine rings is 1. The van der Waals surface area contributed by atoms with Crippen molar-refractivity contribution in [3.8, 4) is 16.9 Å². The molecule has 0 aliphatic carbocycles. The summed E-state index contributed by atoms with van der Waals surface area (Å²) in [6.07, 6.45) is 8.86. The summed E-state index contributed by atoms with van der Waals surface area (Å²) in [6, 6.07) is 14.1. The molecule has 122 valence electrons. The fraction of sp³-hybridized carbons (Fsp3) is 0.0526. The lowest BCUT2D eigenvalue weighted by atomic mass is 10.1. The molecule has 1 N–H and O–H groups in total. The molecule has 3 aromatic heterocycles. The Labute approximate surface area is 145 Å². The van der Waals surface area contributed by atoms with E-state index in [1.54, 1.807) is 23.3 Å². The maximum absolute atomic E-state index is 4.52. The Morgan fingerprint density at radius 1 is 0.840 bits per heavy atom. The predicted molar refractivity (Wildman–Crippen MR) is 96.8 cm³/mol. The van der Waals surface area contributed by atoms with Crippen molar-refractivity contribution in [3.63, 3.8) is 0 Å². The highest BCUT2D eigenvalue weighted by atomic mass is 15.3. The molecule has 0 bridgehead atoms. The molecule has 0 unspecified atom stereocenters. The van der Waals surface area contributed by atoms with E-state index in [1.807, 2.05) is 49.6 Å². The van der Waals surface area contributed by atoms with E-state index in [0.717, 1.165) is 16.7 Å². The summed E-state index contributed by atoms with van der Waals surface area (Å²) in [5.74, 6) is 1.98. The molecule has 6 heteroatoms. The van der Waals surface area contributed by atoms with Crippen LogP contribution in [0.2, 0.25) is 0 Å². The number of anilines is 2. The van der Waals surface area contributed by atoms with Crippen LogP contribution in [-0.4, -0.2) is 24.7 Å². The summed E-state index contributed by atoms with van der Waals surface area (Å²) in [5.41, 5.74) is 3.27. The third-order valence-electron chi connectivity index (χ3n) is 3.69. The van der Waals surface area contributed by atoms with Crippen molar-refractivity contribution < 1.29 is 0 Å². The van der Waals surface area contributed by atoms with Crippen LogP contribution >= 0.6 is 0 Å². The number of benzene rings is 1. The van der Waals surface area contributed by atoms with E-state index in [4.69, 9.17) is 0 Å². The molecule has 0 saturated heterocycles. The van der Waals surface area contributed by atoms with Gasteiger partial charge >= 0.3 is 0 Å². The fourth-order valence-electron chi connectivity index (χ4n) is 2.46. The van der Waals surface area contributed by atoms with Crippen molar-refractivity contribution in [2.75, 3.05) is 5.32 Å². The van der Waals surface area contributed by atoms with Crippen LogP contribution in [0.3, 0.4) is 0 Å². The van der Waals surface area contributed by atoms with Gasteiger partial charge in [-0.1, -0.05) is 30.3 Å². The maximum Gasteiger partial charge on any atom is 0.173 e. The third-order valence-corrected chi connectivity index (χ3v) is 3.69. The Balaban J connectivity index is 1.54. The quantitative estimate of drug-likeness (QED) is 0.617. The van der Waals surface area contributed by atoms with Crippen LogP contribution in [0.4, 0.5) is 11.6 Å². The van der Waals surface area contributed by atoms with Crippen molar-refractivity contribution in [2.24, 2.45) is 0 Å². The van der Waals surface area contributed by atoms with Crippen LogP contribution < -0.4 is 5.32 Å². The van der Waals surface area contributed by atoms with Crippen LogP contribution in [0.15, 0.2) is 73.4 Å². The number of aryl methyl sites for hydroxylation is 1. The molecule has 4 aromatic rings. The lowest BCUT2D eigenvalue weighted by Crippen LogP contribution is -2.03. The largest absolute Gasteiger partial charge is 0.324 e. The van der Waals surface area contributed by atoms with Crippen LogP contribution in [0, 0.1) is 6.92 Å². The van der Waals surface area contributed by atoms with Crippen molar-refractivity contribution in [3.05, 3.63) is 79.0 Å². The zero-order valence-electron chi connectivity index (χ0n) is 13.7. The molecular weight excluding hydrogens is 312 g/mol. The Bertz CT molecular complexity index is 976. The molecule has 6 nitrogen and oxygen atoms in total. The van der Waals surface area contributed by atoms with Gasteiger partial charge in [-0.05, 0) is 30.2 Å². The van der Waals surface area contributed by atoms with Crippen molar-refractivity contribution in [1.82, 2.24) is 24.7 Å². The van der Waals surface area contributed by atoms with Gasteiger partial charge in [0.15, 0.2) is 11.6 Å². The molecule has 0 atom stereocenters. The van der Waals surface area contributed by atoms with Gasteiger partial charge in [0.25, 0.3) is 0 Å². The molecule has 3 heterocycles. The summed E-state index contributed by atoms with van der Waals surface area (Å²) < 4.78 is 1.69. The molecule has 0 radical (unpaired) electrons. The van der Waals surface area contributed by atoms with Crippen molar-refractivity contribution in [1.29, 1.82) is 0 Å². The molecule has 0 saturated carbocycles. The molecule has 0 aliphatic rings. The van der Waals surface area contributed by atoms with Gasteiger partial charge in [0, 0.05) is 18.0 Å². The van der Waals surface area contributed by atoms with Gasteiger partial charge in [-0.15, -0.1) is 0 Å². The third kappa shape index (κ3) is 3.37. The van der Waals surface area contributed by atoms with Gasteiger partial charge < -0.3 is 5.32 Å². The first-order valence-corrected chi connectivity index (χ1v) is 7.90. The molecular formula is C19H16N6. The van der Waals surface area contributed by atoms with Gasteiger partial charge in [-0.3, -0.25) is 4.98 Å². The topological polar surface area (TPSA) is 68.5 Å². The molecule has 0 aliphatic heterocycles. The molecule has 0 amide bonds. The standard InChI is InChI=1S/C19H16N6/c1-14-9-22-25(13-14)19-12-20-11-18(24-19)23-17-8-7-16(10-21-17)15-5-3-2-4-6-15/h2-13H,1H3,(H,21,23,24). The molecule has 4 rings (SSSR count). The van der Waals surface area contributed by atoms with Gasteiger partial charge in [-0.25, -0.2) is 14.6 Å². The molecule has 0 spiro atoms. The number of hydrogen-bond donors (Lipinski definition) is 1. The first-order valence-electron chi connectivity index (χ1n) is 7.90. The molecule has 1 aromatic carbocycles. The lowest BCUT2D eigenvalue weighted by molar-refractivity contribution is 0.839. The van der Waals surface area contributed by atoms with Gasteiger partial charge in [0.2, 0.25) is 0 Å². The minimum atomic E-state index is 0.616. The molecule has 0 fully saturated rings. The van der Waals surface area contributed by atoms with E-state index < -0.39 is 0 Å². The van der Waals surface area contributed by atoms with Crippen LogP contribution in [0.5, 0.6) is 0 Å². The normalized spacial score (nSPS) is 10.6. The van der Waals surface area contributed by atoms with Crippen LogP contribution in [-0.2, 0) is 0 Å². The minimum absolute atomic E-state index is 0.616. The van der Waals surface area contributed by atoms with E-state index in [1.165, 1.54) is 0 Å². The number of hydrogen-bond acceptors (Lipinski definition) is 5. The summed E-state index contributed by atoms with van der Waals surface area (Å²) in [6.45, 7) is 1.98. The predicted octanol–water partition coefficient (Wildman–Crippen LogP) is 3.78. The molecule has 25 heavy (non-hydrogen) atoms. The average Bonchev–Trinajstić information content (AvgIpc) is 3.10. The van der Waals surface area contributed by atoms with E-state index >= 15 is 0 Å². The second-order valence-electron chi connectivity index (χ2n) is 5.65. The highest BCUT2D eigenvalue weighted by molar-refractivity contribution is 5.64. The Kier molecular flexibility index (Phi) is 3.92. The van der Waals surface area contributed by atoms with E-state index in [2.05, 4.69) is 37.5 Å². The average molecular weight is 328 g/mol. The zero-order chi connectivity index (χ0) is 17.1. The smallest absolute Gasteiger partial charge is 0.173 e. The number of nitrogens with zero attached hydrogens (tertiary/aromatic N) is 5. The second-order valence-corrected chi connectivity index (χ2v) is 5.65. The summed E-state index contributed by atoms with van der Waals surface area (Å²) in [4.78, 5) is 13.2. The Hall–Kier alpha value is -3.54. The monoisotopic (exact) mass is 328 g/mol. The van der Waals surface area contributed by atoms with E-state index in [-0.39, 0.29) is 0 Å². The van der Waals surface area contributed by atoms with Gasteiger partial charge in [0.05, 0.1) is 18.6 Å². The Morgan fingerprint density at radius 3 is 2.44 bits per heavy atom. The van der Waals surface area contributed by atoms with Crippen LogP contribution in [0.25, 0.3) is 16.9 Å². The van der Waals surface area contributed by atoms with Gasteiger partial charge in [0.1, 0.15) is 5.82 Å². The number of rotatable bonds is 4. The summed E-state index contributed by atoms with van der Waals surface area (Å²) in [7, 11) is 0. The Morgan fingerprint density at radius 2 is 1.72 bits per heavy atom. The maximum atomic E-state index is 4.52. The number of aromatic nitrogens is 5. The minimum Gasteiger partial charge on any atom is -0.324 e. The second kappa shape index (κ2) is 6.52. The van der Waals surface area contributed by atoms with Crippen molar-refractivity contribution >= 4 is 11.6 Å². The van der Waals surface area contributed by atoms with E-state index in [9.17, 15) is 0 Å². The first kappa shape index (κ1) is 15.0. The number of nitrogens with one attached hydrogen (secondary N) is 1. The fourth-order valence-corrected chi connectivity index (χ4v) is 2.46. The lowest BCUT2D eigenvalue weighted by Gasteiger charge is -2.07. The summed E-state index contributed by atoms with van der Waals surface area (Å²) >= 11 is 0. The van der Waals surface area contributed by atoms with E-state index in [0.29, 0.717) is 17.5 Å². The highest BCUT2D eigenvalue weighted by Crippen LogP contribution is 2.20. The van der Waals surface area contributed by atoms with Crippen molar-refractivity contribution in [2.45, 2.75) is 6.92 Å². The SMILES string of the molecule is Cc1cnn(-c2cncc(Nc3ccc(-c4ccccc4)cn3)n2)c1. The first-order chi connectivity index (χ1) is 12.3. The van der Waals surface area contributed by atoms with Gasteiger partial charge in [-0.2, -0.15) is 5.10 Å². The van der Waals surface area contributed by atoms with Crippen LogP contribution in [0.1, 0.15) is 5.56 Å². The highest BCUT2D eigenvalue weighted by Gasteiger charge is 2.04. The zero-order valence-corrected chi connectivity index (χ0v) is 13.7.